The van der Waals surface area contributed by atoms with Crippen LogP contribution >= 0.6 is 12.4 Å². The van der Waals surface area contributed by atoms with Crippen LogP contribution in [-0.4, -0.2) is 22.4 Å². The zero-order valence-electron chi connectivity index (χ0n) is 13.1. The standard InChI is InChI=1S/C17H22N4O.ClH/c18-12-17(6-2-1-3-7-17)11-16(22)21-13-4-5-14-15(10-13)20-9-8-19-14;/h4-5,8-10H,1-3,6-7,11-12,18H2,(H,21,22);1H. The number of carbonyl (C=O) groups excluding carboxylic acids is 1. The van der Waals surface area contributed by atoms with E-state index in [0.29, 0.717) is 13.0 Å². The third kappa shape index (κ3) is 4.18. The van der Waals surface area contributed by atoms with Gasteiger partial charge < -0.3 is 11.1 Å². The van der Waals surface area contributed by atoms with Crippen molar-refractivity contribution < 1.29 is 4.79 Å². The molecule has 1 amide bonds. The molecule has 124 valence electrons. The van der Waals surface area contributed by atoms with Crippen LogP contribution in [0.4, 0.5) is 5.69 Å². The summed E-state index contributed by atoms with van der Waals surface area (Å²) in [5.41, 5.74) is 8.31. The van der Waals surface area contributed by atoms with E-state index >= 15 is 0 Å². The highest BCUT2D eigenvalue weighted by molar-refractivity contribution is 5.93. The molecule has 1 saturated carbocycles. The number of nitrogens with two attached hydrogens (primary N) is 1. The van der Waals surface area contributed by atoms with Crippen LogP contribution in [0.3, 0.4) is 0 Å². The quantitative estimate of drug-likeness (QED) is 0.899. The van der Waals surface area contributed by atoms with Gasteiger partial charge in [-0.15, -0.1) is 12.4 Å². The normalized spacial score (nSPS) is 16.6. The summed E-state index contributed by atoms with van der Waals surface area (Å²) in [6, 6.07) is 5.60. The van der Waals surface area contributed by atoms with Gasteiger partial charge in [0.05, 0.1) is 11.0 Å². The molecule has 1 aliphatic carbocycles. The molecule has 0 aliphatic heterocycles. The lowest BCUT2D eigenvalue weighted by Crippen LogP contribution is -2.36. The van der Waals surface area contributed by atoms with Crippen LogP contribution in [0.5, 0.6) is 0 Å². The van der Waals surface area contributed by atoms with Crippen molar-refractivity contribution in [1.29, 1.82) is 0 Å². The van der Waals surface area contributed by atoms with Crippen molar-refractivity contribution in [2.24, 2.45) is 11.1 Å². The minimum atomic E-state index is -0.0149. The van der Waals surface area contributed by atoms with Crippen LogP contribution in [-0.2, 0) is 4.79 Å². The van der Waals surface area contributed by atoms with Gasteiger partial charge in [-0.1, -0.05) is 19.3 Å². The first-order valence-corrected chi connectivity index (χ1v) is 7.92. The van der Waals surface area contributed by atoms with Gasteiger partial charge in [0.2, 0.25) is 5.91 Å². The number of aromatic nitrogens is 2. The second kappa shape index (κ2) is 7.70. The molecule has 0 saturated heterocycles. The highest BCUT2D eigenvalue weighted by atomic mass is 35.5. The van der Waals surface area contributed by atoms with E-state index in [9.17, 15) is 4.79 Å². The van der Waals surface area contributed by atoms with Crippen molar-refractivity contribution in [1.82, 2.24) is 9.97 Å². The minimum Gasteiger partial charge on any atom is -0.330 e. The SMILES string of the molecule is Cl.NCC1(CC(=O)Nc2ccc3nccnc3c2)CCCCC1. The summed E-state index contributed by atoms with van der Waals surface area (Å²) < 4.78 is 0. The van der Waals surface area contributed by atoms with Gasteiger partial charge in [-0.05, 0) is 43.0 Å². The van der Waals surface area contributed by atoms with E-state index in [1.807, 2.05) is 18.2 Å². The van der Waals surface area contributed by atoms with E-state index in [1.165, 1.54) is 19.3 Å². The lowest BCUT2D eigenvalue weighted by Gasteiger charge is -2.35. The van der Waals surface area contributed by atoms with Crippen molar-refractivity contribution >= 4 is 35.0 Å². The molecule has 1 aromatic heterocycles. The van der Waals surface area contributed by atoms with Gasteiger partial charge in [-0.3, -0.25) is 14.8 Å². The van der Waals surface area contributed by atoms with Crippen molar-refractivity contribution in [3.63, 3.8) is 0 Å². The van der Waals surface area contributed by atoms with Crippen molar-refractivity contribution in [3.8, 4) is 0 Å². The number of rotatable bonds is 4. The molecule has 5 nitrogen and oxygen atoms in total. The summed E-state index contributed by atoms with van der Waals surface area (Å²) in [6.45, 7) is 0.587. The second-order valence-corrected chi connectivity index (χ2v) is 6.25. The van der Waals surface area contributed by atoms with Crippen LogP contribution in [0.25, 0.3) is 11.0 Å². The Kier molecular flexibility index (Phi) is 5.91. The number of benzene rings is 1. The molecule has 0 atom stereocenters. The zero-order valence-corrected chi connectivity index (χ0v) is 13.9. The first-order chi connectivity index (χ1) is 10.7. The van der Waals surface area contributed by atoms with Crippen LogP contribution in [0.2, 0.25) is 0 Å². The van der Waals surface area contributed by atoms with E-state index < -0.39 is 0 Å². The Balaban J connectivity index is 0.00000192. The molecule has 1 heterocycles. The summed E-state index contributed by atoms with van der Waals surface area (Å²) in [6.07, 6.45) is 9.54. The van der Waals surface area contributed by atoms with Gasteiger partial charge in [-0.2, -0.15) is 0 Å². The number of halogens is 1. The van der Waals surface area contributed by atoms with E-state index in [0.717, 1.165) is 29.6 Å². The maximum absolute atomic E-state index is 12.4. The number of amides is 1. The molecular formula is C17H23ClN4O. The number of hydrogen-bond acceptors (Lipinski definition) is 4. The Labute approximate surface area is 142 Å². The molecule has 0 bridgehead atoms. The molecule has 1 aliphatic rings. The van der Waals surface area contributed by atoms with Crippen LogP contribution in [0.15, 0.2) is 30.6 Å². The fourth-order valence-electron chi connectivity index (χ4n) is 3.34. The fourth-order valence-corrected chi connectivity index (χ4v) is 3.34. The fraction of sp³-hybridized carbons (Fsp3) is 0.471. The van der Waals surface area contributed by atoms with Crippen LogP contribution in [0, 0.1) is 5.41 Å². The first-order valence-electron chi connectivity index (χ1n) is 7.92. The van der Waals surface area contributed by atoms with E-state index in [1.54, 1.807) is 12.4 Å². The number of nitrogens with one attached hydrogen (secondary N) is 1. The number of anilines is 1. The van der Waals surface area contributed by atoms with Crippen molar-refractivity contribution in [3.05, 3.63) is 30.6 Å². The summed E-state index contributed by atoms with van der Waals surface area (Å²) >= 11 is 0. The van der Waals surface area contributed by atoms with Crippen LogP contribution in [0.1, 0.15) is 38.5 Å². The molecule has 3 N–H and O–H groups in total. The topological polar surface area (TPSA) is 80.9 Å². The van der Waals surface area contributed by atoms with Crippen LogP contribution < -0.4 is 11.1 Å². The Morgan fingerprint density at radius 2 is 1.83 bits per heavy atom. The molecule has 0 radical (unpaired) electrons. The molecule has 0 spiro atoms. The molecule has 0 unspecified atom stereocenters. The van der Waals surface area contributed by atoms with Gasteiger partial charge in [0.1, 0.15) is 0 Å². The summed E-state index contributed by atoms with van der Waals surface area (Å²) in [7, 11) is 0. The Bertz CT molecular complexity index is 670. The second-order valence-electron chi connectivity index (χ2n) is 6.25. The molecule has 23 heavy (non-hydrogen) atoms. The average Bonchev–Trinajstić information content (AvgIpc) is 2.55. The number of fused-ring (bicyclic) bond motifs is 1. The van der Waals surface area contributed by atoms with Gasteiger partial charge >= 0.3 is 0 Å². The predicted molar refractivity (Wildman–Crippen MR) is 94.6 cm³/mol. The van der Waals surface area contributed by atoms with Crippen molar-refractivity contribution in [2.45, 2.75) is 38.5 Å². The first kappa shape index (κ1) is 17.6. The minimum absolute atomic E-state index is 0. The lowest BCUT2D eigenvalue weighted by atomic mass is 9.71. The van der Waals surface area contributed by atoms with Gasteiger partial charge in [0.15, 0.2) is 0 Å². The van der Waals surface area contributed by atoms with E-state index in [2.05, 4.69) is 15.3 Å². The third-order valence-corrected chi connectivity index (χ3v) is 4.64. The smallest absolute Gasteiger partial charge is 0.224 e. The molecule has 1 fully saturated rings. The Morgan fingerprint density at radius 3 is 2.52 bits per heavy atom. The highest BCUT2D eigenvalue weighted by Gasteiger charge is 2.32. The molecule has 6 heteroatoms. The predicted octanol–water partition coefficient (Wildman–Crippen LogP) is 3.29. The maximum Gasteiger partial charge on any atom is 0.224 e. The molecular weight excluding hydrogens is 312 g/mol. The van der Waals surface area contributed by atoms with E-state index in [4.69, 9.17) is 5.73 Å². The lowest BCUT2D eigenvalue weighted by molar-refractivity contribution is -0.118. The summed E-state index contributed by atoms with van der Waals surface area (Å²) in [5, 5.41) is 2.98. The summed E-state index contributed by atoms with van der Waals surface area (Å²) in [5.74, 6) is 0.0376. The van der Waals surface area contributed by atoms with Gasteiger partial charge in [0.25, 0.3) is 0 Å². The summed E-state index contributed by atoms with van der Waals surface area (Å²) in [4.78, 5) is 20.9. The highest BCUT2D eigenvalue weighted by Crippen LogP contribution is 2.38. The molecule has 2 aromatic rings. The largest absolute Gasteiger partial charge is 0.330 e. The molecule has 3 rings (SSSR count). The van der Waals surface area contributed by atoms with Crippen molar-refractivity contribution in [2.75, 3.05) is 11.9 Å². The number of nitrogens with zero attached hydrogens (tertiary/aromatic N) is 2. The zero-order chi connectivity index (χ0) is 15.4. The van der Waals surface area contributed by atoms with E-state index in [-0.39, 0.29) is 23.7 Å². The maximum atomic E-state index is 12.4. The molecule has 1 aromatic carbocycles. The van der Waals surface area contributed by atoms with Gasteiger partial charge in [-0.25, -0.2) is 0 Å². The average molecular weight is 335 g/mol. The number of hydrogen-bond donors (Lipinski definition) is 2. The Hall–Kier alpha value is -1.72. The van der Waals surface area contributed by atoms with Gasteiger partial charge in [0, 0.05) is 24.5 Å². The third-order valence-electron chi connectivity index (χ3n) is 4.64. The Morgan fingerprint density at radius 1 is 1.13 bits per heavy atom. The number of carbonyl (C=O) groups is 1. The monoisotopic (exact) mass is 334 g/mol.